The minimum Gasteiger partial charge on any atom is -0.476 e. The fourth-order valence-electron chi connectivity index (χ4n) is 3.30. The zero-order valence-electron chi connectivity index (χ0n) is 24.7. The number of esters is 1. The van der Waals surface area contributed by atoms with Crippen molar-refractivity contribution in [2.75, 3.05) is 13.6 Å². The monoisotopic (exact) mass is 527 g/mol. The van der Waals surface area contributed by atoms with Crippen LogP contribution in [0.1, 0.15) is 77.5 Å². The molecule has 0 radical (unpaired) electrons. The summed E-state index contributed by atoms with van der Waals surface area (Å²) in [5, 5.41) is 3.11. The molecule has 0 fully saturated rings. The van der Waals surface area contributed by atoms with E-state index >= 15 is 0 Å². The Labute approximate surface area is 230 Å². The minimum atomic E-state index is -1.04. The summed E-state index contributed by atoms with van der Waals surface area (Å²) in [4.78, 5) is 24.6. The fourth-order valence-corrected chi connectivity index (χ4v) is 3.30. The lowest BCUT2D eigenvalue weighted by atomic mass is 10.1. The third kappa shape index (κ3) is 15.8. The van der Waals surface area contributed by atoms with E-state index in [4.69, 9.17) is 20.0 Å². The Kier molecular flexibility index (Phi) is 16.6. The smallest absolute Gasteiger partial charge is 0.350 e. The van der Waals surface area contributed by atoms with Crippen LogP contribution in [0.2, 0.25) is 0 Å². The van der Waals surface area contributed by atoms with E-state index < -0.39 is 11.2 Å². The van der Waals surface area contributed by atoms with E-state index in [1.54, 1.807) is 13.8 Å². The van der Waals surface area contributed by atoms with Crippen LogP contribution < -0.4 is 15.8 Å². The number of rotatable bonds is 11. The predicted molar refractivity (Wildman–Crippen MR) is 158 cm³/mol. The van der Waals surface area contributed by atoms with Gasteiger partial charge < -0.3 is 25.3 Å². The summed E-state index contributed by atoms with van der Waals surface area (Å²) >= 11 is 0. The van der Waals surface area contributed by atoms with Crippen LogP contribution >= 0.6 is 0 Å². The fraction of sp³-hybridized carbons (Fsp3) is 0.516. The number of amidine groups is 1. The first kappa shape index (κ1) is 34.8. The first-order valence-electron chi connectivity index (χ1n) is 13.2. The highest BCUT2D eigenvalue weighted by atomic mass is 16.6. The lowest BCUT2D eigenvalue weighted by Gasteiger charge is -2.29. The van der Waals surface area contributed by atoms with E-state index in [1.807, 2.05) is 58.9 Å². The molecule has 0 saturated carbocycles. The van der Waals surface area contributed by atoms with E-state index in [0.717, 1.165) is 44.6 Å². The van der Waals surface area contributed by atoms with Crippen LogP contribution in [-0.2, 0) is 27.3 Å². The molecule has 0 atom stereocenters. The molecule has 7 nitrogen and oxygen atoms in total. The van der Waals surface area contributed by atoms with Crippen molar-refractivity contribution in [1.82, 2.24) is 5.32 Å². The van der Waals surface area contributed by atoms with Gasteiger partial charge >= 0.3 is 5.97 Å². The molecule has 3 N–H and O–H groups in total. The van der Waals surface area contributed by atoms with Crippen molar-refractivity contribution in [3.63, 3.8) is 0 Å². The molecule has 0 amide bonds. The van der Waals surface area contributed by atoms with Crippen molar-refractivity contribution in [3.05, 3.63) is 65.2 Å². The van der Waals surface area contributed by atoms with Crippen LogP contribution in [0.5, 0.6) is 5.75 Å². The Bertz CT molecular complexity index is 964. The van der Waals surface area contributed by atoms with Crippen molar-refractivity contribution >= 4 is 18.6 Å². The maximum absolute atomic E-state index is 12.3. The number of nitrogens with one attached hydrogen (secondary N) is 1. The standard InChI is InChI=1S/C21H34N2O3.C9H13N.CH2O/c1-7-15-23-18(22)10-8-9-16-11-13-17(14-12-16)25-21(5,6)19(24)26-20(2,3)4;1-8-4-3-5-9(6-8)7-10-2;1-2/h11-14H,7-10,15H2,1-6H3,(H2,22,23);3-6,10H,7H2,1-2H3;1H2. The summed E-state index contributed by atoms with van der Waals surface area (Å²) < 4.78 is 11.3. The van der Waals surface area contributed by atoms with Crippen LogP contribution in [0.15, 0.2) is 53.5 Å². The van der Waals surface area contributed by atoms with Gasteiger partial charge in [-0.15, -0.1) is 0 Å². The van der Waals surface area contributed by atoms with Crippen molar-refractivity contribution in [1.29, 1.82) is 0 Å². The van der Waals surface area contributed by atoms with E-state index in [1.165, 1.54) is 16.7 Å². The Morgan fingerprint density at radius 3 is 2.18 bits per heavy atom. The van der Waals surface area contributed by atoms with Crippen LogP contribution in [0.3, 0.4) is 0 Å². The topological polar surface area (TPSA) is 103 Å². The SMILES string of the molecule is C=O.CCCN=C(N)CCCc1ccc(OC(C)(C)C(=O)OC(C)(C)C)cc1.CNCc1cccc(C)c1. The molecule has 212 valence electrons. The Morgan fingerprint density at radius 1 is 1.03 bits per heavy atom. The molecule has 0 aliphatic carbocycles. The number of aryl methyl sites for hydroxylation is 2. The van der Waals surface area contributed by atoms with Crippen molar-refractivity contribution in [3.8, 4) is 5.75 Å². The van der Waals surface area contributed by atoms with Gasteiger partial charge in [0.05, 0.1) is 5.84 Å². The number of ether oxygens (including phenoxy) is 2. The van der Waals surface area contributed by atoms with Gasteiger partial charge in [-0.2, -0.15) is 0 Å². The number of carbonyl (C=O) groups is 2. The first-order valence-corrected chi connectivity index (χ1v) is 13.2. The molecule has 0 aliphatic rings. The highest BCUT2D eigenvalue weighted by molar-refractivity contribution is 5.80. The average Bonchev–Trinajstić information content (AvgIpc) is 2.84. The van der Waals surface area contributed by atoms with Crippen molar-refractivity contribution in [2.45, 2.75) is 91.9 Å². The van der Waals surface area contributed by atoms with E-state index in [9.17, 15) is 4.79 Å². The van der Waals surface area contributed by atoms with Gasteiger partial charge in [0.15, 0.2) is 5.60 Å². The summed E-state index contributed by atoms with van der Waals surface area (Å²) in [7, 11) is 1.96. The van der Waals surface area contributed by atoms with Crippen LogP contribution in [0.25, 0.3) is 0 Å². The highest BCUT2D eigenvalue weighted by Crippen LogP contribution is 2.23. The third-order valence-corrected chi connectivity index (χ3v) is 5.09. The molecule has 0 spiro atoms. The van der Waals surface area contributed by atoms with Gasteiger partial charge in [-0.1, -0.05) is 48.9 Å². The molecule has 0 bridgehead atoms. The van der Waals surface area contributed by atoms with Gasteiger partial charge in [0.25, 0.3) is 0 Å². The number of aliphatic imine (C=N–C) groups is 1. The van der Waals surface area contributed by atoms with E-state index in [0.29, 0.717) is 5.75 Å². The summed E-state index contributed by atoms with van der Waals surface area (Å²) in [6.45, 7) is 16.9. The van der Waals surface area contributed by atoms with E-state index in [2.05, 4.69) is 48.4 Å². The number of benzene rings is 2. The number of nitrogens with two attached hydrogens (primary N) is 1. The summed E-state index contributed by atoms with van der Waals surface area (Å²) in [5.41, 5.74) is 8.18. The van der Waals surface area contributed by atoms with Gasteiger partial charge in [0.1, 0.15) is 18.1 Å². The molecule has 7 heteroatoms. The zero-order valence-corrected chi connectivity index (χ0v) is 24.7. The van der Waals surface area contributed by atoms with Crippen LogP contribution in [0.4, 0.5) is 0 Å². The molecule has 0 heterocycles. The maximum atomic E-state index is 12.3. The molecular formula is C31H49N3O4. The van der Waals surface area contributed by atoms with E-state index in [-0.39, 0.29) is 5.97 Å². The molecule has 0 unspecified atom stereocenters. The molecule has 2 aromatic carbocycles. The first-order chi connectivity index (χ1) is 17.9. The van der Waals surface area contributed by atoms with Gasteiger partial charge in [-0.3, -0.25) is 4.99 Å². The molecule has 2 aromatic rings. The molecule has 38 heavy (non-hydrogen) atoms. The molecule has 0 saturated heterocycles. The largest absolute Gasteiger partial charge is 0.476 e. The zero-order chi connectivity index (χ0) is 29.2. The Morgan fingerprint density at radius 2 is 1.66 bits per heavy atom. The second-order valence-corrected chi connectivity index (χ2v) is 10.5. The normalized spacial score (nSPS) is 11.4. The number of hydrogen-bond donors (Lipinski definition) is 2. The summed E-state index contributed by atoms with van der Waals surface area (Å²) in [6, 6.07) is 16.3. The molecule has 2 rings (SSSR count). The quantitative estimate of drug-likeness (QED) is 0.217. The second-order valence-electron chi connectivity index (χ2n) is 10.5. The summed E-state index contributed by atoms with van der Waals surface area (Å²) in [6.07, 6.45) is 3.71. The van der Waals surface area contributed by atoms with Crippen molar-refractivity contribution in [2.24, 2.45) is 10.7 Å². The van der Waals surface area contributed by atoms with Gasteiger partial charge in [-0.05, 0) is 91.1 Å². The minimum absolute atomic E-state index is 0.379. The van der Waals surface area contributed by atoms with Crippen LogP contribution in [0, 0.1) is 6.92 Å². The lowest BCUT2D eigenvalue weighted by molar-refractivity contribution is -0.170. The lowest BCUT2D eigenvalue weighted by Crippen LogP contribution is -2.43. The van der Waals surface area contributed by atoms with Gasteiger partial charge in [0.2, 0.25) is 0 Å². The molecular weight excluding hydrogens is 478 g/mol. The molecule has 0 aromatic heterocycles. The second kappa shape index (κ2) is 18.1. The average molecular weight is 528 g/mol. The Hall–Kier alpha value is -3.19. The predicted octanol–water partition coefficient (Wildman–Crippen LogP) is 5.81. The Balaban J connectivity index is 0.000000944. The molecule has 0 aliphatic heterocycles. The van der Waals surface area contributed by atoms with Crippen LogP contribution in [-0.4, -0.2) is 43.4 Å². The number of hydrogen-bond acceptors (Lipinski definition) is 6. The van der Waals surface area contributed by atoms with Gasteiger partial charge in [0, 0.05) is 19.5 Å². The highest BCUT2D eigenvalue weighted by Gasteiger charge is 2.34. The number of carbonyl (C=O) groups excluding carboxylic acids is 2. The number of nitrogens with zero attached hydrogens (tertiary/aromatic N) is 1. The van der Waals surface area contributed by atoms with Crippen molar-refractivity contribution < 1.29 is 19.1 Å². The third-order valence-electron chi connectivity index (χ3n) is 5.09. The van der Waals surface area contributed by atoms with Gasteiger partial charge in [-0.25, -0.2) is 4.79 Å². The summed E-state index contributed by atoms with van der Waals surface area (Å²) in [5.74, 6) is 0.996. The maximum Gasteiger partial charge on any atom is 0.350 e.